The molecule has 2 amide bonds. The average Bonchev–Trinajstić information content (AvgIpc) is 3.29. The standard InChI is InChI=1S/C21H22N6O3S/c1-21(2,3)30-20(29)27(5)17-13-14(26(4)11-22-13)15-16(23-17)24-19(31-15)25-18(28)12-9-7-6-8-10-12/h6-11H,1-5H3,(H,23,24,25,28). The first-order valence-electron chi connectivity index (χ1n) is 9.59. The Balaban J connectivity index is 1.75. The molecular formula is C21H22N6O3S. The van der Waals surface area contributed by atoms with Crippen LogP contribution in [0.25, 0.3) is 21.4 Å². The normalized spacial score (nSPS) is 11.6. The van der Waals surface area contributed by atoms with Gasteiger partial charge in [0, 0.05) is 19.7 Å². The number of fused-ring (bicyclic) bond motifs is 3. The molecule has 0 spiro atoms. The van der Waals surface area contributed by atoms with Gasteiger partial charge in [0.15, 0.2) is 16.6 Å². The van der Waals surface area contributed by atoms with E-state index in [1.807, 2.05) is 17.7 Å². The van der Waals surface area contributed by atoms with E-state index in [-0.39, 0.29) is 5.91 Å². The van der Waals surface area contributed by atoms with Crippen molar-refractivity contribution in [2.24, 2.45) is 7.05 Å². The van der Waals surface area contributed by atoms with Crippen molar-refractivity contribution in [3.63, 3.8) is 0 Å². The zero-order chi connectivity index (χ0) is 22.3. The van der Waals surface area contributed by atoms with Gasteiger partial charge >= 0.3 is 6.09 Å². The Bertz CT molecular complexity index is 1290. The van der Waals surface area contributed by atoms with E-state index in [4.69, 9.17) is 4.74 Å². The SMILES string of the molecule is CN(C(=O)OC(C)(C)C)c1nc2nc(NC(=O)c3ccccc3)sc2c2c1ncn2C. The van der Waals surface area contributed by atoms with Crippen LogP contribution in [-0.2, 0) is 11.8 Å². The molecule has 0 saturated carbocycles. The van der Waals surface area contributed by atoms with Crippen LogP contribution in [0, 0.1) is 0 Å². The van der Waals surface area contributed by atoms with Gasteiger partial charge in [-0.2, -0.15) is 4.98 Å². The van der Waals surface area contributed by atoms with E-state index in [2.05, 4.69) is 20.3 Å². The molecule has 1 N–H and O–H groups in total. The second-order valence-corrected chi connectivity index (χ2v) is 9.02. The summed E-state index contributed by atoms with van der Waals surface area (Å²) in [7, 11) is 3.44. The van der Waals surface area contributed by atoms with E-state index in [1.54, 1.807) is 58.4 Å². The predicted molar refractivity (Wildman–Crippen MR) is 121 cm³/mol. The number of ether oxygens (including phenoxy) is 1. The second-order valence-electron chi connectivity index (χ2n) is 8.02. The van der Waals surface area contributed by atoms with Gasteiger partial charge in [-0.3, -0.25) is 15.0 Å². The van der Waals surface area contributed by atoms with E-state index in [0.717, 1.165) is 10.2 Å². The predicted octanol–water partition coefficient (Wildman–Crippen LogP) is 4.20. The molecule has 0 aliphatic heterocycles. The monoisotopic (exact) mass is 438 g/mol. The molecule has 3 heterocycles. The fraction of sp³-hybridized carbons (Fsp3) is 0.286. The molecule has 160 valence electrons. The Hall–Kier alpha value is -3.53. The number of hydrogen-bond donors (Lipinski definition) is 1. The summed E-state index contributed by atoms with van der Waals surface area (Å²) in [6.45, 7) is 5.40. The number of anilines is 2. The highest BCUT2D eigenvalue weighted by Crippen LogP contribution is 2.35. The molecule has 0 fully saturated rings. The number of pyridine rings is 1. The third kappa shape index (κ3) is 4.06. The van der Waals surface area contributed by atoms with E-state index < -0.39 is 11.7 Å². The molecule has 0 aliphatic rings. The molecule has 3 aromatic heterocycles. The van der Waals surface area contributed by atoms with Crippen LogP contribution in [0.3, 0.4) is 0 Å². The largest absolute Gasteiger partial charge is 0.443 e. The number of hydrogen-bond acceptors (Lipinski definition) is 7. The molecular weight excluding hydrogens is 416 g/mol. The molecule has 0 radical (unpaired) electrons. The van der Waals surface area contributed by atoms with Gasteiger partial charge in [0.1, 0.15) is 15.8 Å². The van der Waals surface area contributed by atoms with Crippen molar-refractivity contribution in [1.29, 1.82) is 0 Å². The first kappa shape index (κ1) is 20.7. The summed E-state index contributed by atoms with van der Waals surface area (Å²) in [6, 6.07) is 8.90. The van der Waals surface area contributed by atoms with Crippen LogP contribution in [0.15, 0.2) is 36.7 Å². The van der Waals surface area contributed by atoms with Gasteiger partial charge in [0.25, 0.3) is 5.91 Å². The van der Waals surface area contributed by atoms with Gasteiger partial charge in [0.2, 0.25) is 0 Å². The first-order valence-corrected chi connectivity index (χ1v) is 10.4. The highest BCUT2D eigenvalue weighted by Gasteiger charge is 2.26. The number of nitrogens with one attached hydrogen (secondary N) is 1. The maximum Gasteiger partial charge on any atom is 0.415 e. The molecule has 4 rings (SSSR count). The van der Waals surface area contributed by atoms with Gasteiger partial charge < -0.3 is 9.30 Å². The fourth-order valence-electron chi connectivity index (χ4n) is 3.02. The van der Waals surface area contributed by atoms with Crippen LogP contribution in [0.5, 0.6) is 0 Å². The highest BCUT2D eigenvalue weighted by molar-refractivity contribution is 7.23. The smallest absolute Gasteiger partial charge is 0.415 e. The Morgan fingerprint density at radius 1 is 1.16 bits per heavy atom. The number of rotatable bonds is 3. The molecule has 4 aromatic rings. The molecule has 0 aliphatic carbocycles. The lowest BCUT2D eigenvalue weighted by Crippen LogP contribution is -2.34. The summed E-state index contributed by atoms with van der Waals surface area (Å²) in [5.74, 6) is 0.0792. The second kappa shape index (κ2) is 7.62. The van der Waals surface area contributed by atoms with Crippen LogP contribution in [0.2, 0.25) is 0 Å². The van der Waals surface area contributed by atoms with Crippen LogP contribution < -0.4 is 10.2 Å². The van der Waals surface area contributed by atoms with E-state index in [0.29, 0.717) is 27.7 Å². The summed E-state index contributed by atoms with van der Waals surface area (Å²) in [5.41, 5.74) is 1.62. The Labute approximate surface area is 182 Å². The summed E-state index contributed by atoms with van der Waals surface area (Å²) in [4.78, 5) is 39.9. The minimum absolute atomic E-state index is 0.257. The number of benzene rings is 1. The Kier molecular flexibility index (Phi) is 5.10. The Morgan fingerprint density at radius 3 is 2.55 bits per heavy atom. The average molecular weight is 439 g/mol. The molecule has 10 heteroatoms. The van der Waals surface area contributed by atoms with Crippen LogP contribution in [-0.4, -0.2) is 44.2 Å². The lowest BCUT2D eigenvalue weighted by atomic mass is 10.2. The van der Waals surface area contributed by atoms with Crippen molar-refractivity contribution in [2.75, 3.05) is 17.3 Å². The quantitative estimate of drug-likeness (QED) is 0.514. The number of aryl methyl sites for hydroxylation is 1. The van der Waals surface area contributed by atoms with Gasteiger partial charge in [0.05, 0.1) is 11.8 Å². The van der Waals surface area contributed by atoms with Gasteiger partial charge in [-0.1, -0.05) is 29.5 Å². The molecule has 9 nitrogen and oxygen atoms in total. The number of thiazole rings is 1. The Morgan fingerprint density at radius 2 is 1.87 bits per heavy atom. The van der Waals surface area contributed by atoms with Crippen molar-refractivity contribution < 1.29 is 14.3 Å². The zero-order valence-corrected chi connectivity index (χ0v) is 18.6. The minimum Gasteiger partial charge on any atom is -0.443 e. The molecule has 0 unspecified atom stereocenters. The molecule has 0 atom stereocenters. The van der Waals surface area contributed by atoms with E-state index >= 15 is 0 Å². The third-order valence-corrected chi connectivity index (χ3v) is 5.39. The van der Waals surface area contributed by atoms with Crippen LogP contribution in [0.1, 0.15) is 31.1 Å². The first-order chi connectivity index (χ1) is 14.6. The summed E-state index contributed by atoms with van der Waals surface area (Å²) in [5, 5.41) is 3.23. The number of nitrogens with zero attached hydrogens (tertiary/aromatic N) is 5. The van der Waals surface area contributed by atoms with Crippen molar-refractivity contribution in [2.45, 2.75) is 26.4 Å². The van der Waals surface area contributed by atoms with Crippen molar-refractivity contribution >= 4 is 55.7 Å². The minimum atomic E-state index is -0.645. The number of aromatic nitrogens is 4. The highest BCUT2D eigenvalue weighted by atomic mass is 32.1. The van der Waals surface area contributed by atoms with Crippen molar-refractivity contribution in [1.82, 2.24) is 19.5 Å². The van der Waals surface area contributed by atoms with Gasteiger partial charge in [-0.15, -0.1) is 0 Å². The molecule has 0 bridgehead atoms. The fourth-order valence-corrected chi connectivity index (χ4v) is 4.01. The maximum atomic E-state index is 12.6. The molecule has 0 saturated heterocycles. The third-order valence-electron chi connectivity index (χ3n) is 4.43. The number of carbonyl (C=O) groups excluding carboxylic acids is 2. The summed E-state index contributed by atoms with van der Waals surface area (Å²) >= 11 is 1.31. The van der Waals surface area contributed by atoms with Crippen molar-refractivity contribution in [3.8, 4) is 0 Å². The van der Waals surface area contributed by atoms with Gasteiger partial charge in [-0.05, 0) is 32.9 Å². The number of carbonyl (C=O) groups is 2. The topological polar surface area (TPSA) is 102 Å². The maximum absolute atomic E-state index is 12.6. The van der Waals surface area contributed by atoms with E-state index in [9.17, 15) is 9.59 Å². The van der Waals surface area contributed by atoms with Crippen molar-refractivity contribution in [3.05, 3.63) is 42.2 Å². The molecule has 1 aromatic carbocycles. The lowest BCUT2D eigenvalue weighted by molar-refractivity contribution is 0.0588. The number of imidazole rings is 1. The summed E-state index contributed by atoms with van der Waals surface area (Å²) in [6.07, 6.45) is 1.11. The number of amides is 2. The zero-order valence-electron chi connectivity index (χ0n) is 17.8. The summed E-state index contributed by atoms with van der Waals surface area (Å²) < 4.78 is 8.07. The van der Waals surface area contributed by atoms with Crippen LogP contribution in [0.4, 0.5) is 15.7 Å². The lowest BCUT2D eigenvalue weighted by Gasteiger charge is -2.24. The van der Waals surface area contributed by atoms with Crippen LogP contribution >= 0.6 is 11.3 Å². The van der Waals surface area contributed by atoms with E-state index in [1.165, 1.54) is 16.2 Å². The van der Waals surface area contributed by atoms with Gasteiger partial charge in [-0.25, -0.2) is 14.8 Å². The molecule has 31 heavy (non-hydrogen) atoms.